The molecule has 1 amide bonds. The summed E-state index contributed by atoms with van der Waals surface area (Å²) in [4.78, 5) is 14.4. The molecule has 0 saturated carbocycles. The highest BCUT2D eigenvalue weighted by Crippen LogP contribution is 2.38. The lowest BCUT2D eigenvalue weighted by molar-refractivity contribution is -0.125. The minimum atomic E-state index is -0.218. The number of aryl methyl sites for hydroxylation is 2. The van der Waals surface area contributed by atoms with E-state index < -0.39 is 0 Å². The molecule has 0 aliphatic carbocycles. The number of rotatable bonds is 2. The van der Waals surface area contributed by atoms with Gasteiger partial charge in [0.15, 0.2) is 0 Å². The van der Waals surface area contributed by atoms with Crippen LogP contribution in [0, 0.1) is 0 Å². The van der Waals surface area contributed by atoms with Crippen LogP contribution in [0.25, 0.3) is 6.08 Å². The molecule has 1 aromatic heterocycles. The number of nitrogens with zero attached hydrogens (tertiary/aromatic N) is 3. The van der Waals surface area contributed by atoms with Crippen LogP contribution in [0.3, 0.4) is 0 Å². The fraction of sp³-hybridized carbons (Fsp3) is 0.368. The van der Waals surface area contributed by atoms with Crippen LogP contribution in [0.5, 0.6) is 5.75 Å². The molecular weight excluding hydrogens is 302 g/mol. The summed E-state index contributed by atoms with van der Waals surface area (Å²) in [6, 6.07) is 10.1. The third kappa shape index (κ3) is 2.70. The molecule has 0 bridgehead atoms. The van der Waals surface area contributed by atoms with Crippen LogP contribution in [-0.2, 0) is 18.3 Å². The lowest BCUT2D eigenvalue weighted by Gasteiger charge is -2.35. The van der Waals surface area contributed by atoms with Crippen LogP contribution in [0.2, 0.25) is 0 Å². The van der Waals surface area contributed by atoms with Gasteiger partial charge in [0.1, 0.15) is 11.4 Å². The molecule has 2 aliphatic heterocycles. The molecule has 2 aliphatic rings. The molecule has 5 nitrogen and oxygen atoms in total. The first kappa shape index (κ1) is 15.0. The zero-order valence-corrected chi connectivity index (χ0v) is 13.8. The zero-order valence-electron chi connectivity index (χ0n) is 13.8. The average Bonchev–Trinajstić information content (AvgIpc) is 3.19. The lowest BCUT2D eigenvalue weighted by atomic mass is 9.90. The molecule has 1 aromatic carbocycles. The van der Waals surface area contributed by atoms with Crippen molar-refractivity contribution in [3.8, 4) is 5.75 Å². The molecule has 1 unspecified atom stereocenters. The number of amides is 1. The number of carbonyl (C=O) groups is 1. The van der Waals surface area contributed by atoms with Crippen molar-refractivity contribution >= 4 is 12.0 Å². The monoisotopic (exact) mass is 323 g/mol. The van der Waals surface area contributed by atoms with Crippen LogP contribution < -0.4 is 4.74 Å². The maximum atomic E-state index is 12.5. The van der Waals surface area contributed by atoms with E-state index in [0.29, 0.717) is 6.54 Å². The standard InChI is InChI=1S/C19H21N3O2/c1-21-16(9-12-20-21)6-7-18(23)22-13-11-19(14-22)10-8-15-4-2-3-5-17(15)24-19/h2-7,9,12H,8,10-11,13-14H2,1H3/b7-6+. The van der Waals surface area contributed by atoms with Crippen molar-refractivity contribution in [2.45, 2.75) is 24.9 Å². The maximum absolute atomic E-state index is 12.5. The summed E-state index contributed by atoms with van der Waals surface area (Å²) in [5.74, 6) is 1.01. The molecule has 1 saturated heterocycles. The van der Waals surface area contributed by atoms with E-state index in [1.807, 2.05) is 42.3 Å². The Morgan fingerprint density at radius 3 is 3.00 bits per heavy atom. The SMILES string of the molecule is Cn1nccc1/C=C/C(=O)N1CCC2(CCc3ccccc3O2)C1. The molecule has 5 heteroatoms. The van der Waals surface area contributed by atoms with Gasteiger partial charge in [0.25, 0.3) is 0 Å². The van der Waals surface area contributed by atoms with E-state index >= 15 is 0 Å². The summed E-state index contributed by atoms with van der Waals surface area (Å²) in [7, 11) is 1.86. The van der Waals surface area contributed by atoms with Crippen LogP contribution in [0.15, 0.2) is 42.6 Å². The molecular formula is C19H21N3O2. The molecule has 2 aromatic rings. The highest BCUT2D eigenvalue weighted by atomic mass is 16.5. The molecule has 1 fully saturated rings. The van der Waals surface area contributed by atoms with Gasteiger partial charge in [-0.3, -0.25) is 9.48 Å². The van der Waals surface area contributed by atoms with Crippen LogP contribution in [0.4, 0.5) is 0 Å². The number of likely N-dealkylation sites (tertiary alicyclic amines) is 1. The Morgan fingerprint density at radius 2 is 2.17 bits per heavy atom. The number of para-hydroxylation sites is 1. The van der Waals surface area contributed by atoms with Gasteiger partial charge in [0.2, 0.25) is 5.91 Å². The largest absolute Gasteiger partial charge is 0.485 e. The number of aromatic nitrogens is 2. The van der Waals surface area contributed by atoms with Gasteiger partial charge in [-0.1, -0.05) is 18.2 Å². The van der Waals surface area contributed by atoms with E-state index in [9.17, 15) is 4.79 Å². The molecule has 3 heterocycles. The van der Waals surface area contributed by atoms with Crippen molar-refractivity contribution in [1.82, 2.24) is 14.7 Å². The Labute approximate surface area is 141 Å². The van der Waals surface area contributed by atoms with E-state index in [4.69, 9.17) is 4.74 Å². The smallest absolute Gasteiger partial charge is 0.246 e. The fourth-order valence-electron chi connectivity index (χ4n) is 3.59. The number of fused-ring (bicyclic) bond motifs is 1. The van der Waals surface area contributed by atoms with Gasteiger partial charge < -0.3 is 9.64 Å². The first-order valence-corrected chi connectivity index (χ1v) is 8.37. The Balaban J connectivity index is 1.44. The fourth-order valence-corrected chi connectivity index (χ4v) is 3.59. The second-order valence-corrected chi connectivity index (χ2v) is 6.62. The van der Waals surface area contributed by atoms with E-state index in [1.165, 1.54) is 5.56 Å². The number of hydrogen-bond donors (Lipinski definition) is 0. The predicted octanol–water partition coefficient (Wildman–Crippen LogP) is 2.43. The summed E-state index contributed by atoms with van der Waals surface area (Å²) in [5, 5.41) is 4.10. The molecule has 0 N–H and O–H groups in total. The topological polar surface area (TPSA) is 47.4 Å². The molecule has 1 spiro atoms. The average molecular weight is 323 g/mol. The van der Waals surface area contributed by atoms with Crippen molar-refractivity contribution in [1.29, 1.82) is 0 Å². The van der Waals surface area contributed by atoms with Crippen LogP contribution >= 0.6 is 0 Å². The second-order valence-electron chi connectivity index (χ2n) is 6.62. The summed E-state index contributed by atoms with van der Waals surface area (Å²) < 4.78 is 8.04. The molecule has 0 radical (unpaired) electrons. The lowest BCUT2D eigenvalue weighted by Crippen LogP contribution is -2.43. The van der Waals surface area contributed by atoms with Crippen molar-refractivity contribution < 1.29 is 9.53 Å². The third-order valence-corrected chi connectivity index (χ3v) is 5.03. The van der Waals surface area contributed by atoms with Crippen LogP contribution in [-0.4, -0.2) is 39.3 Å². The Hall–Kier alpha value is -2.56. The van der Waals surface area contributed by atoms with Crippen molar-refractivity contribution in [2.24, 2.45) is 7.05 Å². The Morgan fingerprint density at radius 1 is 1.29 bits per heavy atom. The quantitative estimate of drug-likeness (QED) is 0.798. The van der Waals surface area contributed by atoms with Crippen molar-refractivity contribution in [3.05, 3.63) is 53.9 Å². The second kappa shape index (κ2) is 5.82. The highest BCUT2D eigenvalue weighted by molar-refractivity contribution is 5.91. The maximum Gasteiger partial charge on any atom is 0.246 e. The van der Waals surface area contributed by atoms with E-state index in [1.54, 1.807) is 17.0 Å². The summed E-state index contributed by atoms with van der Waals surface area (Å²) >= 11 is 0. The van der Waals surface area contributed by atoms with Gasteiger partial charge in [-0.05, 0) is 36.6 Å². The Bertz CT molecular complexity index is 795. The molecule has 124 valence electrons. The van der Waals surface area contributed by atoms with Gasteiger partial charge >= 0.3 is 0 Å². The number of carbonyl (C=O) groups excluding carboxylic acids is 1. The van der Waals surface area contributed by atoms with Crippen molar-refractivity contribution in [2.75, 3.05) is 13.1 Å². The minimum Gasteiger partial charge on any atom is -0.485 e. The molecule has 24 heavy (non-hydrogen) atoms. The van der Waals surface area contributed by atoms with E-state index in [-0.39, 0.29) is 11.5 Å². The minimum absolute atomic E-state index is 0.0375. The first-order chi connectivity index (χ1) is 11.7. The Kier molecular flexibility index (Phi) is 3.63. The van der Waals surface area contributed by atoms with Crippen molar-refractivity contribution in [3.63, 3.8) is 0 Å². The summed E-state index contributed by atoms with van der Waals surface area (Å²) in [6.07, 6.45) is 8.06. The number of benzene rings is 1. The van der Waals surface area contributed by atoms with E-state index in [0.717, 1.165) is 37.3 Å². The summed E-state index contributed by atoms with van der Waals surface area (Å²) in [6.45, 7) is 1.41. The van der Waals surface area contributed by atoms with Gasteiger partial charge in [0.05, 0.1) is 12.2 Å². The van der Waals surface area contributed by atoms with E-state index in [2.05, 4.69) is 11.2 Å². The van der Waals surface area contributed by atoms with Gasteiger partial charge in [-0.25, -0.2) is 0 Å². The van der Waals surface area contributed by atoms with Gasteiger partial charge in [-0.15, -0.1) is 0 Å². The highest BCUT2D eigenvalue weighted by Gasteiger charge is 2.43. The summed E-state index contributed by atoms with van der Waals surface area (Å²) in [5.41, 5.74) is 1.97. The third-order valence-electron chi connectivity index (χ3n) is 5.03. The predicted molar refractivity (Wildman–Crippen MR) is 91.6 cm³/mol. The zero-order chi connectivity index (χ0) is 16.6. The number of ether oxygens (including phenoxy) is 1. The normalized spacial score (nSPS) is 22.8. The van der Waals surface area contributed by atoms with Gasteiger partial charge in [-0.2, -0.15) is 5.10 Å². The molecule has 1 atom stereocenters. The van der Waals surface area contributed by atoms with Gasteiger partial charge in [0, 0.05) is 32.3 Å². The number of hydrogen-bond acceptors (Lipinski definition) is 3. The molecule has 4 rings (SSSR count). The van der Waals surface area contributed by atoms with Crippen LogP contribution in [0.1, 0.15) is 24.1 Å². The first-order valence-electron chi connectivity index (χ1n) is 8.37.